The van der Waals surface area contributed by atoms with Gasteiger partial charge in [-0.3, -0.25) is 0 Å². The first-order valence-electron chi connectivity index (χ1n) is 8.22. The zero-order valence-corrected chi connectivity index (χ0v) is 13.7. The lowest BCUT2D eigenvalue weighted by Crippen LogP contribution is -2.43. The zero-order chi connectivity index (χ0) is 16.9. The molecule has 1 aliphatic carbocycles. The van der Waals surface area contributed by atoms with E-state index in [1.54, 1.807) is 17.3 Å². The van der Waals surface area contributed by atoms with E-state index in [1.807, 2.05) is 31.2 Å². The molecule has 0 spiro atoms. The minimum atomic E-state index is -0.111. The van der Waals surface area contributed by atoms with Crippen LogP contribution in [0.2, 0.25) is 0 Å². The highest BCUT2D eigenvalue weighted by atomic mass is 16.3. The van der Waals surface area contributed by atoms with Crippen molar-refractivity contribution in [2.45, 2.75) is 31.8 Å². The molecular weight excluding hydrogens is 304 g/mol. The van der Waals surface area contributed by atoms with Crippen LogP contribution in [0.4, 0.5) is 4.79 Å². The van der Waals surface area contributed by atoms with Crippen molar-refractivity contribution in [3.63, 3.8) is 0 Å². The molecule has 1 aliphatic rings. The Morgan fingerprint density at radius 1 is 1.25 bits per heavy atom. The quantitative estimate of drug-likeness (QED) is 0.854. The molecule has 6 nitrogen and oxygen atoms in total. The summed E-state index contributed by atoms with van der Waals surface area (Å²) in [6.07, 6.45) is 7.10. The summed E-state index contributed by atoms with van der Waals surface area (Å²) in [5, 5.41) is 12.1. The van der Waals surface area contributed by atoms with Crippen molar-refractivity contribution < 1.29 is 9.90 Å². The van der Waals surface area contributed by atoms with Gasteiger partial charge in [-0.15, -0.1) is 0 Å². The maximum atomic E-state index is 12.4. The first-order chi connectivity index (χ1) is 11.7. The fraction of sp³-hybridized carbons (Fsp3) is 0.389. The van der Waals surface area contributed by atoms with Gasteiger partial charge in [-0.25, -0.2) is 14.8 Å². The Balaban J connectivity index is 1.64. The van der Waals surface area contributed by atoms with Crippen LogP contribution in [0.3, 0.4) is 0 Å². The lowest BCUT2D eigenvalue weighted by atomic mass is 10.0. The molecule has 1 heterocycles. The summed E-state index contributed by atoms with van der Waals surface area (Å²) in [6, 6.07) is 8.08. The summed E-state index contributed by atoms with van der Waals surface area (Å²) in [4.78, 5) is 22.1. The molecule has 0 unspecified atom stereocenters. The van der Waals surface area contributed by atoms with Gasteiger partial charge in [0.15, 0.2) is 0 Å². The number of rotatable bonds is 6. The van der Waals surface area contributed by atoms with E-state index in [4.69, 9.17) is 5.11 Å². The highest BCUT2D eigenvalue weighted by Gasteiger charge is 2.32. The van der Waals surface area contributed by atoms with Crippen LogP contribution in [0, 0.1) is 0 Å². The molecule has 0 saturated heterocycles. The number of nitrogens with zero attached hydrogens (tertiary/aromatic N) is 3. The van der Waals surface area contributed by atoms with Crippen molar-refractivity contribution in [2.24, 2.45) is 0 Å². The van der Waals surface area contributed by atoms with Gasteiger partial charge in [-0.2, -0.15) is 0 Å². The Hall–Kier alpha value is -2.47. The predicted molar refractivity (Wildman–Crippen MR) is 91.2 cm³/mol. The number of nitrogens with one attached hydrogen (secondary N) is 1. The topological polar surface area (TPSA) is 78.4 Å². The molecule has 1 aromatic carbocycles. The summed E-state index contributed by atoms with van der Waals surface area (Å²) >= 11 is 0. The number of amides is 2. The van der Waals surface area contributed by atoms with Crippen molar-refractivity contribution in [1.29, 1.82) is 0 Å². The number of carbonyl (C=O) groups excluding carboxylic acids is 1. The second-order valence-corrected chi connectivity index (χ2v) is 6.07. The second-order valence-electron chi connectivity index (χ2n) is 6.07. The summed E-state index contributed by atoms with van der Waals surface area (Å²) in [6.45, 7) is 2.34. The van der Waals surface area contributed by atoms with Gasteiger partial charge < -0.3 is 15.3 Å². The maximum absolute atomic E-state index is 12.4. The Morgan fingerprint density at radius 3 is 2.50 bits per heavy atom. The molecule has 2 amide bonds. The third-order valence-electron chi connectivity index (χ3n) is 4.23. The van der Waals surface area contributed by atoms with Gasteiger partial charge in [-0.05, 0) is 30.9 Å². The van der Waals surface area contributed by atoms with Crippen molar-refractivity contribution in [2.75, 3.05) is 13.2 Å². The fourth-order valence-corrected chi connectivity index (χ4v) is 2.71. The molecule has 2 aromatic rings. The fourth-order valence-electron chi connectivity index (χ4n) is 2.71. The van der Waals surface area contributed by atoms with Gasteiger partial charge in [0.1, 0.15) is 6.33 Å². The number of aliphatic hydroxyl groups excluding tert-OH is 1. The standard InChI is InChI=1S/C18H22N4O2/c1-13(21-18(24)22(8-9-23)17-6-7-17)14-2-4-15(5-3-14)16-10-19-12-20-11-16/h2-5,10-13,17,23H,6-9H2,1H3,(H,21,24)/t13-/m1/s1. The molecule has 6 heteroatoms. The SMILES string of the molecule is C[C@@H](NC(=O)N(CCO)C1CC1)c1ccc(-c2cncnc2)cc1. The molecule has 1 fully saturated rings. The number of aliphatic hydroxyl groups is 1. The van der Waals surface area contributed by atoms with E-state index in [1.165, 1.54) is 6.33 Å². The van der Waals surface area contributed by atoms with Crippen LogP contribution in [0.25, 0.3) is 11.1 Å². The third kappa shape index (κ3) is 3.89. The van der Waals surface area contributed by atoms with Crippen LogP contribution >= 0.6 is 0 Å². The zero-order valence-electron chi connectivity index (χ0n) is 13.7. The van der Waals surface area contributed by atoms with E-state index in [0.717, 1.165) is 29.5 Å². The summed E-state index contributed by atoms with van der Waals surface area (Å²) < 4.78 is 0. The van der Waals surface area contributed by atoms with Crippen molar-refractivity contribution in [3.05, 3.63) is 48.5 Å². The summed E-state index contributed by atoms with van der Waals surface area (Å²) in [7, 11) is 0. The van der Waals surface area contributed by atoms with Crippen LogP contribution < -0.4 is 5.32 Å². The third-order valence-corrected chi connectivity index (χ3v) is 4.23. The summed E-state index contributed by atoms with van der Waals surface area (Å²) in [5.41, 5.74) is 3.03. The van der Waals surface area contributed by atoms with Gasteiger partial charge >= 0.3 is 6.03 Å². The lowest BCUT2D eigenvalue weighted by molar-refractivity contribution is 0.171. The maximum Gasteiger partial charge on any atom is 0.318 e. The van der Waals surface area contributed by atoms with Gasteiger partial charge in [0.2, 0.25) is 0 Å². The van der Waals surface area contributed by atoms with Crippen molar-refractivity contribution in [1.82, 2.24) is 20.2 Å². The highest BCUT2D eigenvalue weighted by Crippen LogP contribution is 2.27. The Morgan fingerprint density at radius 2 is 1.92 bits per heavy atom. The average Bonchev–Trinajstić information content (AvgIpc) is 3.45. The average molecular weight is 326 g/mol. The van der Waals surface area contributed by atoms with Crippen LogP contribution in [0.5, 0.6) is 0 Å². The first-order valence-corrected chi connectivity index (χ1v) is 8.22. The molecule has 126 valence electrons. The number of benzene rings is 1. The van der Waals surface area contributed by atoms with Crippen molar-refractivity contribution >= 4 is 6.03 Å². The molecule has 3 rings (SSSR count). The normalized spacial score (nSPS) is 14.9. The smallest absolute Gasteiger partial charge is 0.318 e. The number of urea groups is 1. The summed E-state index contributed by atoms with van der Waals surface area (Å²) in [5.74, 6) is 0. The van der Waals surface area contributed by atoms with Crippen LogP contribution in [0.1, 0.15) is 31.4 Å². The van der Waals surface area contributed by atoms with Crippen LogP contribution in [-0.4, -0.2) is 45.2 Å². The van der Waals surface area contributed by atoms with E-state index in [2.05, 4.69) is 15.3 Å². The molecule has 0 aliphatic heterocycles. The molecule has 1 saturated carbocycles. The highest BCUT2D eigenvalue weighted by molar-refractivity contribution is 5.75. The molecular formula is C18H22N4O2. The van der Waals surface area contributed by atoms with Gasteiger partial charge in [0.05, 0.1) is 12.6 Å². The lowest BCUT2D eigenvalue weighted by Gasteiger charge is -2.24. The van der Waals surface area contributed by atoms with Crippen LogP contribution in [-0.2, 0) is 0 Å². The number of hydrogen-bond donors (Lipinski definition) is 2. The van der Waals surface area contributed by atoms with E-state index < -0.39 is 0 Å². The van der Waals surface area contributed by atoms with E-state index >= 15 is 0 Å². The minimum absolute atomic E-state index is 0.00779. The van der Waals surface area contributed by atoms with Gasteiger partial charge in [-0.1, -0.05) is 24.3 Å². The van der Waals surface area contributed by atoms with E-state index in [0.29, 0.717) is 6.54 Å². The Labute approximate surface area is 141 Å². The largest absolute Gasteiger partial charge is 0.395 e. The van der Waals surface area contributed by atoms with Crippen LogP contribution in [0.15, 0.2) is 43.0 Å². The molecule has 24 heavy (non-hydrogen) atoms. The molecule has 0 radical (unpaired) electrons. The van der Waals surface area contributed by atoms with E-state index in [-0.39, 0.29) is 24.7 Å². The predicted octanol–water partition coefficient (Wildman–Crippen LogP) is 2.37. The Kier molecular flexibility index (Phi) is 5.05. The molecule has 1 atom stereocenters. The van der Waals surface area contributed by atoms with Crippen molar-refractivity contribution in [3.8, 4) is 11.1 Å². The molecule has 1 aromatic heterocycles. The number of aromatic nitrogens is 2. The monoisotopic (exact) mass is 326 g/mol. The van der Waals surface area contributed by atoms with E-state index in [9.17, 15) is 4.79 Å². The first kappa shape index (κ1) is 16.4. The minimum Gasteiger partial charge on any atom is -0.395 e. The number of hydrogen-bond acceptors (Lipinski definition) is 4. The number of carbonyl (C=O) groups is 1. The second kappa shape index (κ2) is 7.40. The van der Waals surface area contributed by atoms with Gasteiger partial charge in [0.25, 0.3) is 0 Å². The van der Waals surface area contributed by atoms with Gasteiger partial charge in [0, 0.05) is 30.5 Å². The Bertz CT molecular complexity index is 671. The molecule has 2 N–H and O–H groups in total. The molecule has 0 bridgehead atoms.